The maximum Gasteiger partial charge on any atom is 0.224 e. The first-order valence-corrected chi connectivity index (χ1v) is 21.7. The monoisotopic (exact) mass is 654 g/mol. The second-order valence-electron chi connectivity index (χ2n) is 17.7. The Bertz CT molecular complexity index is 1440. The zero-order valence-corrected chi connectivity index (χ0v) is 30.6. The lowest BCUT2D eigenvalue weighted by Gasteiger charge is -2.60. The molecule has 3 unspecified atom stereocenters. The molecule has 8 heteroatoms. The van der Waals surface area contributed by atoms with Gasteiger partial charge >= 0.3 is 0 Å². The van der Waals surface area contributed by atoms with Crippen molar-refractivity contribution in [2.24, 2.45) is 29.1 Å². The van der Waals surface area contributed by atoms with Crippen molar-refractivity contribution in [3.8, 4) is 6.07 Å². The molecule has 8 rings (SSSR count). The number of benzene rings is 1. The number of rotatable bonds is 12. The minimum Gasteiger partial charge on any atom is -0.414 e. The molecule has 7 nitrogen and oxygen atoms in total. The molecule has 6 aliphatic carbocycles. The van der Waals surface area contributed by atoms with Gasteiger partial charge in [-0.05, 0) is 141 Å². The number of hydrogen-bond donors (Lipinski definition) is 3. The van der Waals surface area contributed by atoms with Crippen LogP contribution in [0, 0.1) is 40.4 Å². The molecule has 0 radical (unpaired) electrons. The van der Waals surface area contributed by atoms with Crippen LogP contribution < -0.4 is 16.0 Å². The Morgan fingerprint density at radius 3 is 2.38 bits per heavy atom. The fourth-order valence-corrected chi connectivity index (χ4v) is 11.1. The summed E-state index contributed by atoms with van der Waals surface area (Å²) in [6, 6.07) is 11.7. The van der Waals surface area contributed by atoms with E-state index in [1.54, 1.807) is 6.20 Å². The zero-order valence-electron chi connectivity index (χ0n) is 29.6. The van der Waals surface area contributed by atoms with Crippen molar-refractivity contribution in [3.05, 3.63) is 47.2 Å². The van der Waals surface area contributed by atoms with Gasteiger partial charge in [-0.1, -0.05) is 45.0 Å². The highest BCUT2D eigenvalue weighted by atomic mass is 28.4. The van der Waals surface area contributed by atoms with Crippen molar-refractivity contribution in [2.45, 2.75) is 134 Å². The third kappa shape index (κ3) is 7.28. The fraction of sp³-hybridized carbons (Fsp3) is 0.718. The van der Waals surface area contributed by atoms with Gasteiger partial charge in [-0.2, -0.15) is 10.2 Å². The van der Waals surface area contributed by atoms with E-state index in [-0.39, 0.29) is 5.04 Å². The molecule has 1 heterocycles. The molecule has 6 aliphatic rings. The van der Waals surface area contributed by atoms with E-state index in [4.69, 9.17) is 9.41 Å². The molecule has 4 bridgehead atoms. The van der Waals surface area contributed by atoms with Crippen LogP contribution in [-0.2, 0) is 11.0 Å². The first kappa shape index (κ1) is 33.0. The molecule has 3 N–H and O–H groups in total. The van der Waals surface area contributed by atoms with Gasteiger partial charge in [-0.15, -0.1) is 0 Å². The average molecular weight is 655 g/mol. The molecule has 6 saturated carbocycles. The van der Waals surface area contributed by atoms with Crippen molar-refractivity contribution < 1.29 is 4.43 Å². The van der Waals surface area contributed by atoms with E-state index in [0.717, 1.165) is 30.2 Å². The van der Waals surface area contributed by atoms with Gasteiger partial charge in [-0.25, -0.2) is 4.98 Å². The largest absolute Gasteiger partial charge is 0.414 e. The lowest BCUT2D eigenvalue weighted by Crippen LogP contribution is -2.60. The third-order valence-corrected chi connectivity index (χ3v) is 17.7. The summed E-state index contributed by atoms with van der Waals surface area (Å²) >= 11 is 0. The Kier molecular flexibility index (Phi) is 9.21. The Labute approximate surface area is 284 Å². The molecule has 0 amide bonds. The van der Waals surface area contributed by atoms with Crippen molar-refractivity contribution in [3.63, 3.8) is 0 Å². The van der Waals surface area contributed by atoms with Gasteiger partial charge in [0.05, 0.1) is 6.20 Å². The summed E-state index contributed by atoms with van der Waals surface area (Å²) in [5.74, 6) is 5.15. The molecular formula is C39H58N6OSi. The van der Waals surface area contributed by atoms with Crippen molar-refractivity contribution in [2.75, 3.05) is 23.7 Å². The maximum absolute atomic E-state index is 9.88. The van der Waals surface area contributed by atoms with E-state index in [2.05, 4.69) is 85.1 Å². The highest BCUT2D eigenvalue weighted by molar-refractivity contribution is 6.74. The van der Waals surface area contributed by atoms with Gasteiger partial charge in [0.2, 0.25) is 5.95 Å². The lowest BCUT2D eigenvalue weighted by molar-refractivity contribution is -0.0704. The summed E-state index contributed by atoms with van der Waals surface area (Å²) in [6.45, 7) is 14.6. The number of nitriles is 1. The average Bonchev–Trinajstić information content (AvgIpc) is 3.88. The minimum atomic E-state index is -1.69. The molecule has 1 aromatic carbocycles. The highest BCUT2D eigenvalue weighted by Crippen LogP contribution is 2.60. The van der Waals surface area contributed by atoms with Crippen LogP contribution in [0.2, 0.25) is 18.1 Å². The van der Waals surface area contributed by atoms with E-state index in [0.29, 0.717) is 47.4 Å². The molecule has 5 atom stereocenters. The van der Waals surface area contributed by atoms with Gasteiger partial charge in [0.1, 0.15) is 17.5 Å². The number of aromatic nitrogens is 2. The summed E-state index contributed by atoms with van der Waals surface area (Å²) < 4.78 is 6.78. The maximum atomic E-state index is 9.88. The number of hydrogen-bond acceptors (Lipinski definition) is 7. The first-order valence-electron chi connectivity index (χ1n) is 18.7. The summed E-state index contributed by atoms with van der Waals surface area (Å²) in [6.07, 6.45) is 16.4. The van der Waals surface area contributed by atoms with Crippen LogP contribution in [0.15, 0.2) is 30.5 Å². The van der Waals surface area contributed by atoms with Gasteiger partial charge in [-0.3, -0.25) is 0 Å². The Morgan fingerprint density at radius 1 is 0.979 bits per heavy atom. The number of nitrogens with one attached hydrogen (secondary N) is 3. The minimum absolute atomic E-state index is 0.285. The predicted octanol–water partition coefficient (Wildman–Crippen LogP) is 8.61. The number of nitrogens with zero attached hydrogens (tertiary/aromatic N) is 3. The zero-order chi connectivity index (χ0) is 32.8. The molecule has 0 saturated heterocycles. The molecule has 47 heavy (non-hydrogen) atoms. The van der Waals surface area contributed by atoms with Crippen LogP contribution in [0.5, 0.6) is 0 Å². The van der Waals surface area contributed by atoms with E-state index >= 15 is 0 Å². The van der Waals surface area contributed by atoms with Gasteiger partial charge < -0.3 is 20.4 Å². The second-order valence-corrected chi connectivity index (χ2v) is 22.4. The smallest absolute Gasteiger partial charge is 0.224 e. The van der Waals surface area contributed by atoms with Gasteiger partial charge in [0, 0.05) is 25.2 Å². The Hall–Kier alpha value is -2.47. The highest BCUT2D eigenvalue weighted by Gasteiger charge is 2.55. The fourth-order valence-electron chi connectivity index (χ4n) is 9.71. The van der Waals surface area contributed by atoms with Crippen LogP contribution in [0.3, 0.4) is 0 Å². The van der Waals surface area contributed by atoms with E-state index in [1.807, 2.05) is 0 Å². The molecule has 2 aromatic rings. The van der Waals surface area contributed by atoms with Crippen molar-refractivity contribution >= 4 is 20.1 Å². The van der Waals surface area contributed by atoms with E-state index in [1.165, 1.54) is 88.3 Å². The number of anilines is 2. The second kappa shape index (κ2) is 13.1. The van der Waals surface area contributed by atoms with E-state index in [9.17, 15) is 5.26 Å². The van der Waals surface area contributed by atoms with Crippen LogP contribution in [0.25, 0.3) is 0 Å². The van der Waals surface area contributed by atoms with E-state index < -0.39 is 8.32 Å². The molecule has 0 aliphatic heterocycles. The third-order valence-electron chi connectivity index (χ3n) is 13.2. The summed E-state index contributed by atoms with van der Waals surface area (Å²) in [7, 11) is -1.69. The molecule has 6 fully saturated rings. The van der Waals surface area contributed by atoms with Crippen LogP contribution in [0.4, 0.5) is 11.8 Å². The normalized spacial score (nSPS) is 31.8. The summed E-state index contributed by atoms with van der Waals surface area (Å²) in [4.78, 5) is 9.31. The van der Waals surface area contributed by atoms with Gasteiger partial charge in [0.25, 0.3) is 0 Å². The molecule has 254 valence electrons. The van der Waals surface area contributed by atoms with Crippen molar-refractivity contribution in [1.29, 1.82) is 5.26 Å². The lowest BCUT2D eigenvalue weighted by atomic mass is 9.48. The molecule has 1 aromatic heterocycles. The Morgan fingerprint density at radius 2 is 1.70 bits per heavy atom. The Balaban J connectivity index is 0.920. The standard InChI is InChI=1S/C39H58N6OSi/c1-38(2,3)47(4,5)46-33-14-10-26(11-15-33)22-41-35-30-16-27-17-31(35)20-39(18-27,19-30)25-44-36-32(21-40)24-43-37(45-36)42-23-29-8-6-7-9-34(29)28-12-13-28/h6-9,24,26-28,30-31,33,35,41H,10-20,22-23,25H2,1-5H3,(H2,42,43,44,45)/t26?,27?,30-,31+,33?,35?,39?. The topological polar surface area (TPSA) is 94.9 Å². The molecule has 0 spiro atoms. The van der Waals surface area contributed by atoms with Crippen molar-refractivity contribution in [1.82, 2.24) is 15.3 Å². The SMILES string of the molecule is CC(C)(C)[Si](C)(C)OC1CCC(CNC2[C@@H]3CC4C[C@H]2CC(CNc2nc(NCc5ccccc5C5CC5)ncc2C#N)(C4)C3)CC1. The van der Waals surface area contributed by atoms with Crippen LogP contribution in [-0.4, -0.2) is 43.5 Å². The predicted molar refractivity (Wildman–Crippen MR) is 193 cm³/mol. The van der Waals surface area contributed by atoms with Gasteiger partial charge in [0.15, 0.2) is 8.32 Å². The summed E-state index contributed by atoms with van der Waals surface area (Å²) in [5, 5.41) is 21.5. The van der Waals surface area contributed by atoms with Crippen LogP contribution >= 0.6 is 0 Å². The van der Waals surface area contributed by atoms with Crippen LogP contribution in [0.1, 0.15) is 114 Å². The quantitative estimate of drug-likeness (QED) is 0.197. The first-order chi connectivity index (χ1) is 22.5. The summed E-state index contributed by atoms with van der Waals surface area (Å²) in [5.41, 5.74) is 3.60. The molecular weight excluding hydrogens is 597 g/mol.